The van der Waals surface area contributed by atoms with Gasteiger partial charge in [0.1, 0.15) is 0 Å². The minimum Gasteiger partial charge on any atom is -0.348 e. The van der Waals surface area contributed by atoms with Crippen LogP contribution in [0, 0.1) is 17.6 Å². The van der Waals surface area contributed by atoms with Crippen LogP contribution < -0.4 is 0 Å². The molecule has 0 spiro atoms. The van der Waals surface area contributed by atoms with Gasteiger partial charge in [-0.2, -0.15) is 0 Å². The molecular formula is C17H18F2N2O2. The van der Waals surface area contributed by atoms with Gasteiger partial charge in [0.2, 0.25) is 0 Å². The fourth-order valence-corrected chi connectivity index (χ4v) is 2.55. The van der Waals surface area contributed by atoms with Crippen molar-refractivity contribution in [2.45, 2.75) is 26.1 Å². The standard InChI is InChI=1S/C17H18F2N2O2/c1-2-3-11-9-22-17(23-10-11)13-7-20-16(21-8-13)12-4-5-14(18)15(19)6-12/h4-8,11,17H,2-3,9-10H2,1H3. The van der Waals surface area contributed by atoms with Crippen molar-refractivity contribution in [2.24, 2.45) is 5.92 Å². The average Bonchev–Trinajstić information content (AvgIpc) is 2.59. The summed E-state index contributed by atoms with van der Waals surface area (Å²) in [6, 6.07) is 3.58. The van der Waals surface area contributed by atoms with Crippen molar-refractivity contribution in [3.05, 3.63) is 47.8 Å². The highest BCUT2D eigenvalue weighted by Crippen LogP contribution is 2.27. The van der Waals surface area contributed by atoms with Gasteiger partial charge >= 0.3 is 0 Å². The monoisotopic (exact) mass is 320 g/mol. The third kappa shape index (κ3) is 3.71. The number of aromatic nitrogens is 2. The summed E-state index contributed by atoms with van der Waals surface area (Å²) in [5.74, 6) is -1.06. The van der Waals surface area contributed by atoms with E-state index in [4.69, 9.17) is 9.47 Å². The Kier molecular flexibility index (Phi) is 4.93. The highest BCUT2D eigenvalue weighted by atomic mass is 19.2. The summed E-state index contributed by atoms with van der Waals surface area (Å²) >= 11 is 0. The normalized spacial score (nSPS) is 21.3. The van der Waals surface area contributed by atoms with Crippen LogP contribution in [0.3, 0.4) is 0 Å². The maximum atomic E-state index is 13.3. The van der Waals surface area contributed by atoms with Gasteiger partial charge in [0.15, 0.2) is 23.7 Å². The van der Waals surface area contributed by atoms with E-state index >= 15 is 0 Å². The van der Waals surface area contributed by atoms with Gasteiger partial charge in [-0.25, -0.2) is 18.7 Å². The first-order valence-electron chi connectivity index (χ1n) is 7.68. The molecule has 3 rings (SSSR count). The van der Waals surface area contributed by atoms with Crippen molar-refractivity contribution in [3.63, 3.8) is 0 Å². The number of benzene rings is 1. The highest BCUT2D eigenvalue weighted by Gasteiger charge is 2.23. The fraction of sp³-hybridized carbons (Fsp3) is 0.412. The topological polar surface area (TPSA) is 44.2 Å². The van der Waals surface area contributed by atoms with Crippen molar-refractivity contribution < 1.29 is 18.3 Å². The van der Waals surface area contributed by atoms with Gasteiger partial charge in [-0.1, -0.05) is 13.3 Å². The first-order chi connectivity index (χ1) is 11.2. The zero-order valence-corrected chi connectivity index (χ0v) is 12.8. The van der Waals surface area contributed by atoms with Crippen molar-refractivity contribution in [1.29, 1.82) is 0 Å². The van der Waals surface area contributed by atoms with Crippen LogP contribution in [0.1, 0.15) is 31.6 Å². The summed E-state index contributed by atoms with van der Waals surface area (Å²) in [6.45, 7) is 3.45. The highest BCUT2D eigenvalue weighted by molar-refractivity contribution is 5.54. The van der Waals surface area contributed by atoms with Crippen LogP contribution in [0.25, 0.3) is 11.4 Å². The van der Waals surface area contributed by atoms with Gasteiger partial charge in [0.25, 0.3) is 0 Å². The quantitative estimate of drug-likeness (QED) is 0.857. The molecule has 4 nitrogen and oxygen atoms in total. The molecule has 2 aromatic rings. The molecule has 1 aliphatic heterocycles. The molecular weight excluding hydrogens is 302 g/mol. The molecule has 0 saturated carbocycles. The zero-order valence-electron chi connectivity index (χ0n) is 12.8. The molecule has 23 heavy (non-hydrogen) atoms. The van der Waals surface area contributed by atoms with Gasteiger partial charge in [-0.3, -0.25) is 0 Å². The molecule has 0 aliphatic carbocycles. The first kappa shape index (κ1) is 16.0. The Morgan fingerprint density at radius 3 is 2.39 bits per heavy atom. The first-order valence-corrected chi connectivity index (χ1v) is 7.68. The Balaban J connectivity index is 1.69. The molecule has 0 N–H and O–H groups in total. The molecule has 0 unspecified atom stereocenters. The molecule has 1 fully saturated rings. The van der Waals surface area contributed by atoms with E-state index in [1.54, 1.807) is 12.4 Å². The number of ether oxygens (including phenoxy) is 2. The second-order valence-corrected chi connectivity index (χ2v) is 5.62. The summed E-state index contributed by atoms with van der Waals surface area (Å²) in [6.07, 6.45) is 4.90. The lowest BCUT2D eigenvalue weighted by Gasteiger charge is -2.29. The van der Waals surface area contributed by atoms with Gasteiger partial charge in [-0.05, 0) is 24.6 Å². The van der Waals surface area contributed by atoms with E-state index in [0.29, 0.717) is 36.1 Å². The summed E-state index contributed by atoms with van der Waals surface area (Å²) < 4.78 is 37.6. The predicted molar refractivity (Wildman–Crippen MR) is 80.4 cm³/mol. The zero-order chi connectivity index (χ0) is 16.2. The van der Waals surface area contributed by atoms with Gasteiger partial charge < -0.3 is 9.47 Å². The predicted octanol–water partition coefficient (Wildman–Crippen LogP) is 3.88. The minimum atomic E-state index is -0.920. The molecule has 2 heterocycles. The van der Waals surface area contributed by atoms with Crippen molar-refractivity contribution in [3.8, 4) is 11.4 Å². The molecule has 0 bridgehead atoms. The van der Waals surface area contributed by atoms with Gasteiger partial charge in [-0.15, -0.1) is 0 Å². The molecule has 0 amide bonds. The summed E-state index contributed by atoms with van der Waals surface area (Å²) in [4.78, 5) is 8.38. The van der Waals surface area contributed by atoms with E-state index in [-0.39, 0.29) is 0 Å². The molecule has 6 heteroatoms. The van der Waals surface area contributed by atoms with Crippen molar-refractivity contribution in [2.75, 3.05) is 13.2 Å². The average molecular weight is 320 g/mol. The van der Waals surface area contributed by atoms with Crippen LogP contribution in [0.5, 0.6) is 0 Å². The molecule has 0 radical (unpaired) electrons. The van der Waals surface area contributed by atoms with Crippen LogP contribution in [-0.4, -0.2) is 23.2 Å². The number of hydrogen-bond acceptors (Lipinski definition) is 4. The lowest BCUT2D eigenvalue weighted by Crippen LogP contribution is -2.27. The number of nitrogens with zero attached hydrogens (tertiary/aromatic N) is 2. The number of hydrogen-bond donors (Lipinski definition) is 0. The van der Waals surface area contributed by atoms with Crippen LogP contribution in [0.15, 0.2) is 30.6 Å². The summed E-state index contributed by atoms with van der Waals surface area (Å²) in [7, 11) is 0. The molecule has 122 valence electrons. The molecule has 1 saturated heterocycles. The van der Waals surface area contributed by atoms with E-state index in [1.807, 2.05) is 0 Å². The number of halogens is 2. The van der Waals surface area contributed by atoms with E-state index < -0.39 is 17.9 Å². The molecule has 1 aromatic heterocycles. The van der Waals surface area contributed by atoms with Crippen LogP contribution in [0.4, 0.5) is 8.78 Å². The lowest BCUT2D eigenvalue weighted by molar-refractivity contribution is -0.206. The van der Waals surface area contributed by atoms with Crippen molar-refractivity contribution >= 4 is 0 Å². The maximum Gasteiger partial charge on any atom is 0.186 e. The van der Waals surface area contributed by atoms with Crippen molar-refractivity contribution in [1.82, 2.24) is 9.97 Å². The molecule has 1 aliphatic rings. The Bertz CT molecular complexity index is 656. The van der Waals surface area contributed by atoms with E-state index in [2.05, 4.69) is 16.9 Å². The van der Waals surface area contributed by atoms with Crippen LogP contribution in [0.2, 0.25) is 0 Å². The van der Waals surface area contributed by atoms with Gasteiger partial charge in [0, 0.05) is 29.4 Å². The Morgan fingerprint density at radius 2 is 1.78 bits per heavy atom. The smallest absolute Gasteiger partial charge is 0.186 e. The third-order valence-electron chi connectivity index (χ3n) is 3.79. The molecule has 1 aromatic carbocycles. The second-order valence-electron chi connectivity index (χ2n) is 5.62. The second kappa shape index (κ2) is 7.10. The maximum absolute atomic E-state index is 13.3. The summed E-state index contributed by atoms with van der Waals surface area (Å²) in [5.41, 5.74) is 1.13. The minimum absolute atomic E-state index is 0.326. The lowest BCUT2D eigenvalue weighted by atomic mass is 10.1. The number of rotatable bonds is 4. The molecule has 0 atom stereocenters. The van der Waals surface area contributed by atoms with Crippen LogP contribution >= 0.6 is 0 Å². The fourth-order valence-electron chi connectivity index (χ4n) is 2.55. The Morgan fingerprint density at radius 1 is 1.09 bits per heavy atom. The van der Waals surface area contributed by atoms with Gasteiger partial charge in [0.05, 0.1) is 13.2 Å². The summed E-state index contributed by atoms with van der Waals surface area (Å²) in [5, 5.41) is 0. The largest absolute Gasteiger partial charge is 0.348 e. The Labute approximate surface area is 133 Å². The van der Waals surface area contributed by atoms with E-state index in [1.165, 1.54) is 6.07 Å². The SMILES string of the molecule is CCCC1COC(c2cnc(-c3ccc(F)c(F)c3)nc2)OC1. The Hall–Kier alpha value is -1.92. The third-order valence-corrected chi connectivity index (χ3v) is 3.79. The van der Waals surface area contributed by atoms with E-state index in [9.17, 15) is 8.78 Å². The van der Waals surface area contributed by atoms with Crippen LogP contribution in [-0.2, 0) is 9.47 Å². The van der Waals surface area contributed by atoms with E-state index in [0.717, 1.165) is 25.0 Å².